The standard InChI is InChI=1S/C46H70N4O11/c1-12-37-46(9,55)41-30(5)35(17-20-56-44(54)48-23-33-13-15-34(16-14-33)50-19-18-47-26-50)28(3)22-45(8,58-25-27(2)24-57-41)40(31(6)38(51)32(7)42(53)60-37)61-43-39(52)36(49(10)11)21-29(4)59-43/h13-19,26,28-32,36-41,43,51-52,55H,2,12,20-25H2,1,3-11H3,(H,48,54)/b35-17+/t28-,29-,30+,31+,32-,36+,37-,38+,39-,40-,41?,43?,45-,46-/m1/s1. The summed E-state index contributed by atoms with van der Waals surface area (Å²) in [5, 5.41) is 38.9. The summed E-state index contributed by atoms with van der Waals surface area (Å²) in [5.41, 5.74) is 0.295. The van der Waals surface area contributed by atoms with Crippen LogP contribution in [0.2, 0.25) is 0 Å². The fourth-order valence-electron chi connectivity index (χ4n) is 9.41. The first kappa shape index (κ1) is 48.4. The van der Waals surface area contributed by atoms with Crippen LogP contribution < -0.4 is 5.32 Å². The van der Waals surface area contributed by atoms with Crippen LogP contribution in [-0.4, -0.2) is 136 Å². The summed E-state index contributed by atoms with van der Waals surface area (Å²) in [6.07, 6.45) is 1.09. The molecule has 0 saturated carbocycles. The first-order valence-electron chi connectivity index (χ1n) is 21.6. The Morgan fingerprint density at radius 3 is 2.43 bits per heavy atom. The maximum Gasteiger partial charge on any atom is 0.407 e. The number of fused-ring (bicyclic) bond motifs is 5. The Bertz CT molecular complexity index is 1790. The van der Waals surface area contributed by atoms with Gasteiger partial charge in [0.05, 0.1) is 55.5 Å². The highest BCUT2D eigenvalue weighted by atomic mass is 16.7. The van der Waals surface area contributed by atoms with Gasteiger partial charge in [-0.3, -0.25) is 4.79 Å². The van der Waals surface area contributed by atoms with Crippen LogP contribution >= 0.6 is 0 Å². The van der Waals surface area contributed by atoms with Crippen molar-refractivity contribution in [2.45, 2.75) is 141 Å². The molecule has 0 aliphatic carbocycles. The third kappa shape index (κ3) is 11.5. The molecule has 4 N–H and O–H groups in total. The van der Waals surface area contributed by atoms with Crippen LogP contribution in [-0.2, 0) is 39.8 Å². The predicted molar refractivity (Wildman–Crippen MR) is 228 cm³/mol. The number of alkyl carbamates (subject to hydrolysis) is 1. The maximum atomic E-state index is 13.9. The predicted octanol–water partition coefficient (Wildman–Crippen LogP) is 4.95. The lowest BCUT2D eigenvalue weighted by Crippen LogP contribution is -2.60. The number of imidazole rings is 1. The minimum absolute atomic E-state index is 0.0159. The zero-order valence-electron chi connectivity index (χ0n) is 37.7. The van der Waals surface area contributed by atoms with Crippen molar-refractivity contribution in [2.75, 3.05) is 33.9 Å². The number of carbonyl (C=O) groups excluding carboxylic acids is 2. The summed E-state index contributed by atoms with van der Waals surface area (Å²) < 4.78 is 40.2. The molecule has 1 aromatic heterocycles. The largest absolute Gasteiger partial charge is 0.459 e. The monoisotopic (exact) mass is 855 g/mol. The van der Waals surface area contributed by atoms with Gasteiger partial charge in [0.1, 0.15) is 24.4 Å². The van der Waals surface area contributed by atoms with E-state index in [0.717, 1.165) is 16.8 Å². The minimum atomic E-state index is -1.72. The summed E-state index contributed by atoms with van der Waals surface area (Å²) in [6.45, 7) is 19.1. The molecule has 4 heterocycles. The van der Waals surface area contributed by atoms with Gasteiger partial charge in [0.15, 0.2) is 6.29 Å². The van der Waals surface area contributed by atoms with Gasteiger partial charge in [0.25, 0.3) is 0 Å². The molecule has 15 nitrogen and oxygen atoms in total. The molecule has 1 aromatic carbocycles. The van der Waals surface area contributed by atoms with Crippen molar-refractivity contribution in [3.8, 4) is 5.69 Å². The molecule has 15 heteroatoms. The quantitative estimate of drug-likeness (QED) is 0.197. The van der Waals surface area contributed by atoms with Crippen LogP contribution in [0.4, 0.5) is 4.79 Å². The highest BCUT2D eigenvalue weighted by Crippen LogP contribution is 2.43. The lowest BCUT2D eigenvalue weighted by Gasteiger charge is -2.48. The van der Waals surface area contributed by atoms with Crippen LogP contribution in [0.25, 0.3) is 5.69 Å². The average molecular weight is 855 g/mol. The van der Waals surface area contributed by atoms with Gasteiger partial charge in [-0.15, -0.1) is 0 Å². The number of likely N-dealkylation sites (N-methyl/N-ethyl adjacent to an activating group) is 1. The SMILES string of the molecule is C=C1COC2[C@@H](C)/C(=C/COC(=O)NCc3ccc(-n4ccnc4)cc3)[C@H](C)C[C@@](C)(OC1)[C@H](OC1O[C@H](C)C[C@H](N(C)C)[C@H]1O)[C@@H](C)[C@H](O)[C@@H](C)C(=O)O[C@H](CC)[C@@]2(C)O. The fourth-order valence-corrected chi connectivity index (χ4v) is 9.41. The Labute approximate surface area is 361 Å². The van der Waals surface area contributed by atoms with Crippen molar-refractivity contribution in [1.29, 1.82) is 0 Å². The number of rotatable bonds is 9. The van der Waals surface area contributed by atoms with E-state index in [1.165, 1.54) is 0 Å². The number of aromatic nitrogens is 2. The second-order valence-corrected chi connectivity index (χ2v) is 18.1. The van der Waals surface area contributed by atoms with E-state index in [1.807, 2.05) is 94.7 Å². The number of hydrogen-bond acceptors (Lipinski definition) is 13. The molecule has 2 bridgehead atoms. The number of ether oxygens (including phenoxy) is 6. The molecular weight excluding hydrogens is 785 g/mol. The third-order valence-electron chi connectivity index (χ3n) is 13.0. The molecule has 0 spiro atoms. The van der Waals surface area contributed by atoms with Crippen molar-refractivity contribution in [1.82, 2.24) is 19.8 Å². The highest BCUT2D eigenvalue weighted by Gasteiger charge is 2.52. The number of cyclic esters (lactones) is 1. The molecule has 340 valence electrons. The number of carbonyl (C=O) groups is 2. The molecule has 5 rings (SSSR count). The van der Waals surface area contributed by atoms with Crippen molar-refractivity contribution >= 4 is 12.1 Å². The van der Waals surface area contributed by atoms with Crippen LogP contribution in [0.3, 0.4) is 0 Å². The molecule has 3 aliphatic heterocycles. The zero-order chi connectivity index (χ0) is 44.8. The Morgan fingerprint density at radius 2 is 1.79 bits per heavy atom. The smallest absolute Gasteiger partial charge is 0.407 e. The van der Waals surface area contributed by atoms with Gasteiger partial charge in [-0.25, -0.2) is 9.78 Å². The molecule has 2 unspecified atom stereocenters. The molecule has 3 fully saturated rings. The zero-order valence-corrected chi connectivity index (χ0v) is 37.7. The van der Waals surface area contributed by atoms with E-state index in [-0.39, 0.29) is 50.8 Å². The van der Waals surface area contributed by atoms with E-state index >= 15 is 0 Å². The van der Waals surface area contributed by atoms with Gasteiger partial charge in [-0.2, -0.15) is 0 Å². The maximum absolute atomic E-state index is 13.9. The average Bonchev–Trinajstić information content (AvgIpc) is 3.76. The molecular formula is C46H70N4O11. The summed E-state index contributed by atoms with van der Waals surface area (Å²) in [5.74, 6) is -3.32. The second-order valence-electron chi connectivity index (χ2n) is 18.1. The first-order valence-corrected chi connectivity index (χ1v) is 21.6. The molecule has 3 saturated heterocycles. The number of esters is 1. The van der Waals surface area contributed by atoms with Crippen LogP contribution in [0, 0.1) is 23.7 Å². The summed E-state index contributed by atoms with van der Waals surface area (Å²) in [4.78, 5) is 33.0. The van der Waals surface area contributed by atoms with Gasteiger partial charge in [-0.1, -0.05) is 52.0 Å². The fraction of sp³-hybridized carbons (Fsp3) is 0.674. The Hall–Kier alpha value is -3.67. The van der Waals surface area contributed by atoms with Crippen molar-refractivity contribution in [3.05, 3.63) is 72.4 Å². The number of nitrogens with zero attached hydrogens (tertiary/aromatic N) is 3. The topological polar surface area (TPSA) is 183 Å². The lowest BCUT2D eigenvalue weighted by atomic mass is 9.72. The first-order chi connectivity index (χ1) is 28.8. The van der Waals surface area contributed by atoms with E-state index < -0.39 is 77.8 Å². The lowest BCUT2D eigenvalue weighted by molar-refractivity contribution is -0.303. The number of aliphatic hydroxyl groups excluding tert-OH is 2. The van der Waals surface area contributed by atoms with Gasteiger partial charge in [0, 0.05) is 42.5 Å². The van der Waals surface area contributed by atoms with Crippen LogP contribution in [0.1, 0.15) is 80.2 Å². The molecule has 0 radical (unpaired) electrons. The van der Waals surface area contributed by atoms with Gasteiger partial charge in [-0.05, 0) is 96.3 Å². The van der Waals surface area contributed by atoms with Crippen LogP contribution in [0.15, 0.2) is 66.8 Å². The van der Waals surface area contributed by atoms with Crippen molar-refractivity contribution in [2.24, 2.45) is 23.7 Å². The molecule has 3 aliphatic rings. The molecule has 61 heavy (non-hydrogen) atoms. The van der Waals surface area contributed by atoms with E-state index in [2.05, 4.69) is 16.9 Å². The number of aliphatic hydroxyl groups is 3. The summed E-state index contributed by atoms with van der Waals surface area (Å²) in [6, 6.07) is 7.45. The van der Waals surface area contributed by atoms with Gasteiger partial charge < -0.3 is 58.5 Å². The Balaban J connectivity index is 1.51. The second kappa shape index (κ2) is 20.7. The Morgan fingerprint density at radius 1 is 1.08 bits per heavy atom. The number of nitrogens with one attached hydrogen (secondary N) is 1. The molecule has 1 amide bonds. The van der Waals surface area contributed by atoms with E-state index in [4.69, 9.17) is 28.4 Å². The van der Waals surface area contributed by atoms with Crippen molar-refractivity contribution < 1.29 is 53.3 Å². The van der Waals surface area contributed by atoms with Crippen LogP contribution in [0.5, 0.6) is 0 Å². The minimum Gasteiger partial charge on any atom is -0.459 e. The third-order valence-corrected chi connectivity index (χ3v) is 13.0. The normalized spacial score (nSPS) is 37.6. The van der Waals surface area contributed by atoms with E-state index in [1.54, 1.807) is 33.3 Å². The molecule has 2 aromatic rings. The number of benzene rings is 1. The van der Waals surface area contributed by atoms with E-state index in [0.29, 0.717) is 18.4 Å². The summed E-state index contributed by atoms with van der Waals surface area (Å²) in [7, 11) is 3.79. The number of hydrogen-bond donors (Lipinski definition) is 4. The Kier molecular flexibility index (Phi) is 16.4. The number of amides is 1. The van der Waals surface area contributed by atoms with E-state index in [9.17, 15) is 24.9 Å². The highest BCUT2D eigenvalue weighted by molar-refractivity contribution is 5.73. The van der Waals surface area contributed by atoms with Gasteiger partial charge in [0.2, 0.25) is 0 Å². The molecule has 14 atom stereocenters. The summed E-state index contributed by atoms with van der Waals surface area (Å²) >= 11 is 0. The van der Waals surface area contributed by atoms with Gasteiger partial charge >= 0.3 is 12.1 Å². The van der Waals surface area contributed by atoms with Crippen molar-refractivity contribution in [3.63, 3.8) is 0 Å².